The summed E-state index contributed by atoms with van der Waals surface area (Å²) in [7, 11) is 0. The monoisotopic (exact) mass is 271 g/mol. The zero-order valence-electron chi connectivity index (χ0n) is 12.3. The van der Waals surface area contributed by atoms with Crippen LogP contribution < -0.4 is 0 Å². The summed E-state index contributed by atoms with van der Waals surface area (Å²) in [6, 6.07) is 23.9. The molecule has 0 atom stereocenters. The average molecular weight is 271 g/mol. The highest BCUT2D eigenvalue weighted by atomic mass is 15.0. The number of aryl methyl sites for hydroxylation is 2. The molecule has 0 spiro atoms. The molecule has 0 aliphatic carbocycles. The van der Waals surface area contributed by atoms with Crippen LogP contribution in [0.4, 0.5) is 0 Å². The van der Waals surface area contributed by atoms with Crippen molar-refractivity contribution in [2.75, 3.05) is 0 Å². The number of fused-ring (bicyclic) bond motifs is 3. The summed E-state index contributed by atoms with van der Waals surface area (Å²) in [6.07, 6.45) is 0. The van der Waals surface area contributed by atoms with Gasteiger partial charge in [0.25, 0.3) is 0 Å². The molecule has 0 bridgehead atoms. The fourth-order valence-corrected chi connectivity index (χ4v) is 3.23. The summed E-state index contributed by atoms with van der Waals surface area (Å²) in [6.45, 7) is 4.35. The van der Waals surface area contributed by atoms with Crippen LogP contribution in [0.15, 0.2) is 66.7 Å². The van der Waals surface area contributed by atoms with Crippen molar-refractivity contribution >= 4 is 21.7 Å². The van der Waals surface area contributed by atoms with Crippen LogP contribution in [0, 0.1) is 13.8 Å². The van der Waals surface area contributed by atoms with Crippen LogP contribution in [-0.2, 0) is 0 Å². The van der Waals surface area contributed by atoms with E-state index in [0.29, 0.717) is 0 Å². The molecule has 0 saturated heterocycles. The molecule has 0 radical (unpaired) electrons. The maximum atomic E-state index is 2.36. The highest BCUT2D eigenvalue weighted by Gasteiger charge is 2.11. The maximum Gasteiger partial charge on any atom is 0.0537 e. The molecule has 1 nitrogen and oxygen atoms in total. The lowest BCUT2D eigenvalue weighted by atomic mass is 10.1. The molecule has 1 heteroatoms. The van der Waals surface area contributed by atoms with Gasteiger partial charge in [-0.25, -0.2) is 0 Å². The standard InChI is InChI=1S/C20H17N/c1-14-7-3-6-10-19(14)21-15(2)13-18-17-9-5-4-8-16(17)11-12-20(18)21/h3-13H,1-2H3. The SMILES string of the molecule is Cc1ccccc1-n1c(C)cc2c3ccccc3ccc21. The zero-order chi connectivity index (χ0) is 14.4. The zero-order valence-corrected chi connectivity index (χ0v) is 12.3. The van der Waals surface area contributed by atoms with E-state index >= 15 is 0 Å². The molecule has 102 valence electrons. The number of para-hydroxylation sites is 1. The van der Waals surface area contributed by atoms with Crippen LogP contribution in [0.5, 0.6) is 0 Å². The normalized spacial score (nSPS) is 11.3. The van der Waals surface area contributed by atoms with E-state index < -0.39 is 0 Å². The third-order valence-corrected chi connectivity index (χ3v) is 4.25. The van der Waals surface area contributed by atoms with E-state index in [4.69, 9.17) is 0 Å². The second-order valence-electron chi connectivity index (χ2n) is 5.63. The molecule has 0 unspecified atom stereocenters. The molecule has 0 fully saturated rings. The Labute approximate surface area is 124 Å². The second kappa shape index (κ2) is 4.49. The van der Waals surface area contributed by atoms with Gasteiger partial charge < -0.3 is 4.57 Å². The third kappa shape index (κ3) is 1.78. The van der Waals surface area contributed by atoms with Gasteiger partial charge in [-0.2, -0.15) is 0 Å². The number of benzene rings is 3. The maximum absolute atomic E-state index is 2.36. The lowest BCUT2D eigenvalue weighted by molar-refractivity contribution is 1.04. The van der Waals surface area contributed by atoms with E-state index in [1.54, 1.807) is 0 Å². The minimum absolute atomic E-state index is 1.26. The first kappa shape index (κ1) is 12.2. The topological polar surface area (TPSA) is 4.93 Å². The smallest absolute Gasteiger partial charge is 0.0537 e. The molecule has 1 aromatic heterocycles. The molecule has 0 aliphatic heterocycles. The first-order valence-corrected chi connectivity index (χ1v) is 7.31. The van der Waals surface area contributed by atoms with E-state index in [9.17, 15) is 0 Å². The second-order valence-corrected chi connectivity index (χ2v) is 5.63. The van der Waals surface area contributed by atoms with E-state index in [-0.39, 0.29) is 0 Å². The van der Waals surface area contributed by atoms with Crippen LogP contribution in [0.2, 0.25) is 0 Å². The van der Waals surface area contributed by atoms with Crippen molar-refractivity contribution in [1.82, 2.24) is 4.57 Å². The van der Waals surface area contributed by atoms with Crippen LogP contribution in [0.1, 0.15) is 11.3 Å². The van der Waals surface area contributed by atoms with Crippen molar-refractivity contribution < 1.29 is 0 Å². The highest BCUT2D eigenvalue weighted by Crippen LogP contribution is 2.31. The van der Waals surface area contributed by atoms with Gasteiger partial charge in [-0.3, -0.25) is 0 Å². The van der Waals surface area contributed by atoms with Crippen molar-refractivity contribution in [3.8, 4) is 5.69 Å². The summed E-state index contributed by atoms with van der Waals surface area (Å²) in [5, 5.41) is 3.95. The molecule has 21 heavy (non-hydrogen) atoms. The molecule has 3 aromatic carbocycles. The first-order valence-electron chi connectivity index (χ1n) is 7.31. The minimum Gasteiger partial charge on any atom is -0.314 e. The van der Waals surface area contributed by atoms with Crippen molar-refractivity contribution in [2.45, 2.75) is 13.8 Å². The quantitative estimate of drug-likeness (QED) is 0.437. The van der Waals surface area contributed by atoms with Gasteiger partial charge in [0, 0.05) is 16.8 Å². The molecular weight excluding hydrogens is 254 g/mol. The molecule has 4 rings (SSSR count). The molecule has 4 aromatic rings. The van der Waals surface area contributed by atoms with Crippen LogP contribution >= 0.6 is 0 Å². The molecule has 0 saturated carbocycles. The Morgan fingerprint density at radius 3 is 2.33 bits per heavy atom. The van der Waals surface area contributed by atoms with Gasteiger partial charge in [0.1, 0.15) is 0 Å². The number of hydrogen-bond donors (Lipinski definition) is 0. The molecular formula is C20H17N. The van der Waals surface area contributed by atoms with Gasteiger partial charge in [0.05, 0.1) is 5.52 Å². The lowest BCUT2D eigenvalue weighted by Crippen LogP contribution is -1.98. The number of aromatic nitrogens is 1. The van der Waals surface area contributed by atoms with E-state index in [1.165, 1.54) is 38.6 Å². The molecule has 0 N–H and O–H groups in total. The van der Waals surface area contributed by atoms with Gasteiger partial charge in [-0.15, -0.1) is 0 Å². The van der Waals surface area contributed by atoms with Crippen molar-refractivity contribution in [3.05, 3.63) is 78.0 Å². The van der Waals surface area contributed by atoms with Crippen LogP contribution in [0.3, 0.4) is 0 Å². The number of rotatable bonds is 1. The summed E-state index contributed by atoms with van der Waals surface area (Å²) >= 11 is 0. The van der Waals surface area contributed by atoms with Gasteiger partial charge >= 0.3 is 0 Å². The Balaban J connectivity index is 2.14. The first-order chi connectivity index (χ1) is 10.3. The van der Waals surface area contributed by atoms with Crippen molar-refractivity contribution in [2.24, 2.45) is 0 Å². The Hall–Kier alpha value is -2.54. The predicted octanol–water partition coefficient (Wildman–Crippen LogP) is 5.40. The Morgan fingerprint density at radius 1 is 0.714 bits per heavy atom. The van der Waals surface area contributed by atoms with E-state index in [1.807, 2.05) is 0 Å². The van der Waals surface area contributed by atoms with Crippen LogP contribution in [-0.4, -0.2) is 4.57 Å². The average Bonchev–Trinajstić information content (AvgIpc) is 2.84. The minimum atomic E-state index is 1.26. The molecule has 1 heterocycles. The van der Waals surface area contributed by atoms with Gasteiger partial charge in [0.15, 0.2) is 0 Å². The summed E-state index contributed by atoms with van der Waals surface area (Å²) < 4.78 is 2.36. The van der Waals surface area contributed by atoms with Crippen molar-refractivity contribution in [3.63, 3.8) is 0 Å². The number of hydrogen-bond acceptors (Lipinski definition) is 0. The third-order valence-electron chi connectivity index (χ3n) is 4.25. The lowest BCUT2D eigenvalue weighted by Gasteiger charge is -2.11. The molecule has 0 aliphatic rings. The van der Waals surface area contributed by atoms with Gasteiger partial charge in [0.2, 0.25) is 0 Å². The number of nitrogens with zero attached hydrogens (tertiary/aromatic N) is 1. The van der Waals surface area contributed by atoms with Crippen LogP contribution in [0.25, 0.3) is 27.4 Å². The van der Waals surface area contributed by atoms with Gasteiger partial charge in [-0.05, 0) is 48.4 Å². The predicted molar refractivity (Wildman–Crippen MR) is 90.3 cm³/mol. The van der Waals surface area contributed by atoms with E-state index in [0.717, 1.165) is 0 Å². The summed E-state index contributed by atoms with van der Waals surface area (Å²) in [5.74, 6) is 0. The fourth-order valence-electron chi connectivity index (χ4n) is 3.23. The Morgan fingerprint density at radius 2 is 1.48 bits per heavy atom. The molecule has 0 amide bonds. The van der Waals surface area contributed by atoms with Crippen molar-refractivity contribution in [1.29, 1.82) is 0 Å². The van der Waals surface area contributed by atoms with Gasteiger partial charge in [-0.1, -0.05) is 48.5 Å². The fraction of sp³-hybridized carbons (Fsp3) is 0.100. The summed E-state index contributed by atoms with van der Waals surface area (Å²) in [4.78, 5) is 0. The highest BCUT2D eigenvalue weighted by molar-refractivity contribution is 6.07. The van der Waals surface area contributed by atoms with E-state index in [2.05, 4.69) is 85.1 Å². The Bertz CT molecular complexity index is 960. The Kier molecular flexibility index (Phi) is 2.61. The summed E-state index contributed by atoms with van der Waals surface area (Å²) in [5.41, 5.74) is 5.11. The largest absolute Gasteiger partial charge is 0.314 e.